The van der Waals surface area contributed by atoms with Gasteiger partial charge >= 0.3 is 6.03 Å². The molecule has 2 amide bonds. The zero-order chi connectivity index (χ0) is 20.4. The Hall–Kier alpha value is -3.42. The van der Waals surface area contributed by atoms with E-state index in [2.05, 4.69) is 10.3 Å². The number of fused-ring (bicyclic) bond motifs is 1. The molecule has 1 N–H and O–H groups in total. The monoisotopic (exact) mass is 398 g/mol. The summed E-state index contributed by atoms with van der Waals surface area (Å²) in [5, 5.41) is 3.75. The van der Waals surface area contributed by atoms with Gasteiger partial charge in [0.15, 0.2) is 0 Å². The Morgan fingerprint density at radius 2 is 1.72 bits per heavy atom. The summed E-state index contributed by atoms with van der Waals surface area (Å²) in [6, 6.07) is 12.6. The number of anilines is 2. The number of aromatic nitrogens is 1. The third kappa shape index (κ3) is 4.06. The summed E-state index contributed by atoms with van der Waals surface area (Å²) < 4.78 is 32.2. The molecule has 2 aromatic carbocycles. The number of rotatable bonds is 3. The highest BCUT2D eigenvalue weighted by Crippen LogP contribution is 2.27. The van der Waals surface area contributed by atoms with Crippen LogP contribution in [0.2, 0.25) is 0 Å². The van der Waals surface area contributed by atoms with Crippen molar-refractivity contribution in [2.45, 2.75) is 0 Å². The van der Waals surface area contributed by atoms with E-state index in [9.17, 15) is 13.6 Å². The van der Waals surface area contributed by atoms with E-state index in [0.29, 0.717) is 43.4 Å². The van der Waals surface area contributed by atoms with Gasteiger partial charge in [0.1, 0.15) is 17.3 Å². The molecule has 29 heavy (non-hydrogen) atoms. The minimum atomic E-state index is -0.615. The molecular formula is C21H20F2N4O2. The molecule has 1 fully saturated rings. The topological polar surface area (TPSA) is 57.7 Å². The number of nitrogens with zero attached hydrogens (tertiary/aromatic N) is 3. The number of para-hydroxylation sites is 1. The van der Waals surface area contributed by atoms with Crippen molar-refractivity contribution in [1.82, 2.24) is 9.88 Å². The SMILES string of the molecule is COc1nc2ccccc2cc1NC(=O)N1CCN(c2cc(F)cc(F)c2)CC1. The van der Waals surface area contributed by atoms with E-state index in [4.69, 9.17) is 4.74 Å². The number of ether oxygens (including phenoxy) is 1. The van der Waals surface area contributed by atoms with E-state index in [1.54, 1.807) is 4.90 Å². The number of benzene rings is 2. The average Bonchev–Trinajstić information content (AvgIpc) is 2.72. The second kappa shape index (κ2) is 7.90. The van der Waals surface area contributed by atoms with Gasteiger partial charge in [0.25, 0.3) is 0 Å². The van der Waals surface area contributed by atoms with E-state index in [-0.39, 0.29) is 6.03 Å². The number of hydrogen-bond donors (Lipinski definition) is 1. The Kier molecular flexibility index (Phi) is 5.16. The third-order valence-electron chi connectivity index (χ3n) is 4.90. The summed E-state index contributed by atoms with van der Waals surface area (Å²) in [7, 11) is 1.50. The second-order valence-corrected chi connectivity index (χ2v) is 6.77. The summed E-state index contributed by atoms with van der Waals surface area (Å²) in [6.45, 7) is 1.80. The predicted molar refractivity (Wildman–Crippen MR) is 107 cm³/mol. The Balaban J connectivity index is 1.44. The lowest BCUT2D eigenvalue weighted by Crippen LogP contribution is -2.50. The van der Waals surface area contributed by atoms with Gasteiger partial charge in [-0.15, -0.1) is 0 Å². The Morgan fingerprint density at radius 3 is 2.41 bits per heavy atom. The van der Waals surface area contributed by atoms with Crippen molar-refractivity contribution in [2.75, 3.05) is 43.5 Å². The molecule has 1 saturated heterocycles. The summed E-state index contributed by atoms with van der Waals surface area (Å²) in [5.41, 5.74) is 1.74. The molecule has 8 heteroatoms. The van der Waals surface area contributed by atoms with E-state index in [1.807, 2.05) is 35.2 Å². The van der Waals surface area contributed by atoms with Gasteiger partial charge in [0.2, 0.25) is 5.88 Å². The van der Waals surface area contributed by atoms with Gasteiger partial charge in [-0.05, 0) is 24.3 Å². The van der Waals surface area contributed by atoms with Crippen LogP contribution in [0, 0.1) is 11.6 Å². The zero-order valence-electron chi connectivity index (χ0n) is 15.9. The molecule has 6 nitrogen and oxygen atoms in total. The summed E-state index contributed by atoms with van der Waals surface area (Å²) >= 11 is 0. The van der Waals surface area contributed by atoms with E-state index >= 15 is 0 Å². The van der Waals surface area contributed by atoms with Crippen LogP contribution in [-0.4, -0.2) is 49.2 Å². The van der Waals surface area contributed by atoms with Crippen LogP contribution in [0.5, 0.6) is 5.88 Å². The fourth-order valence-corrected chi connectivity index (χ4v) is 3.43. The summed E-state index contributed by atoms with van der Waals surface area (Å²) in [5.74, 6) is -0.891. The van der Waals surface area contributed by atoms with Gasteiger partial charge in [-0.1, -0.05) is 18.2 Å². The third-order valence-corrected chi connectivity index (χ3v) is 4.90. The highest BCUT2D eigenvalue weighted by Gasteiger charge is 2.23. The van der Waals surface area contributed by atoms with Crippen LogP contribution in [0.15, 0.2) is 48.5 Å². The molecule has 2 heterocycles. The Morgan fingerprint density at radius 1 is 1.03 bits per heavy atom. The highest BCUT2D eigenvalue weighted by atomic mass is 19.1. The van der Waals surface area contributed by atoms with Crippen molar-refractivity contribution in [3.05, 3.63) is 60.2 Å². The van der Waals surface area contributed by atoms with Crippen molar-refractivity contribution in [3.8, 4) is 5.88 Å². The molecule has 0 saturated carbocycles. The van der Waals surface area contributed by atoms with Crippen molar-refractivity contribution < 1.29 is 18.3 Å². The molecule has 0 radical (unpaired) electrons. The number of halogens is 2. The smallest absolute Gasteiger partial charge is 0.322 e. The van der Waals surface area contributed by atoms with Crippen molar-refractivity contribution in [2.24, 2.45) is 0 Å². The lowest BCUT2D eigenvalue weighted by atomic mass is 10.2. The van der Waals surface area contributed by atoms with Gasteiger partial charge < -0.3 is 19.9 Å². The van der Waals surface area contributed by atoms with E-state index < -0.39 is 11.6 Å². The minimum absolute atomic E-state index is 0.273. The first-order valence-electron chi connectivity index (χ1n) is 9.24. The van der Waals surface area contributed by atoms with Gasteiger partial charge in [0.05, 0.1) is 12.6 Å². The van der Waals surface area contributed by atoms with Crippen LogP contribution in [0.3, 0.4) is 0 Å². The maximum Gasteiger partial charge on any atom is 0.322 e. The van der Waals surface area contributed by atoms with Crippen LogP contribution >= 0.6 is 0 Å². The lowest BCUT2D eigenvalue weighted by molar-refractivity contribution is 0.208. The molecule has 3 aromatic rings. The first-order valence-corrected chi connectivity index (χ1v) is 9.24. The number of pyridine rings is 1. The van der Waals surface area contributed by atoms with Gasteiger partial charge in [-0.3, -0.25) is 0 Å². The predicted octanol–water partition coefficient (Wildman–Crippen LogP) is 3.88. The molecule has 1 aromatic heterocycles. The van der Waals surface area contributed by atoms with Crippen LogP contribution in [0.4, 0.5) is 25.0 Å². The van der Waals surface area contributed by atoms with Crippen LogP contribution < -0.4 is 15.0 Å². The molecule has 0 aliphatic carbocycles. The standard InChI is InChI=1S/C21H20F2N4O2/c1-29-20-19(10-14-4-2-3-5-18(14)24-20)25-21(28)27-8-6-26(7-9-27)17-12-15(22)11-16(23)13-17/h2-5,10-13H,6-9H2,1H3,(H,25,28). The zero-order valence-corrected chi connectivity index (χ0v) is 15.9. The Bertz CT molecular complexity index is 1030. The van der Waals surface area contributed by atoms with Crippen LogP contribution in [0.1, 0.15) is 0 Å². The number of carbonyl (C=O) groups is 1. The molecule has 0 bridgehead atoms. The molecule has 1 aliphatic rings. The van der Waals surface area contributed by atoms with Crippen molar-refractivity contribution >= 4 is 28.3 Å². The quantitative estimate of drug-likeness (QED) is 0.728. The number of carbonyl (C=O) groups excluding carboxylic acids is 1. The number of piperazine rings is 1. The molecule has 0 unspecified atom stereocenters. The number of hydrogen-bond acceptors (Lipinski definition) is 4. The minimum Gasteiger partial charge on any atom is -0.479 e. The molecule has 150 valence electrons. The maximum absolute atomic E-state index is 13.5. The number of urea groups is 1. The summed E-state index contributed by atoms with van der Waals surface area (Å²) in [4.78, 5) is 20.7. The average molecular weight is 398 g/mol. The van der Waals surface area contributed by atoms with Gasteiger partial charge in [0, 0.05) is 43.3 Å². The van der Waals surface area contributed by atoms with Gasteiger partial charge in [-0.25, -0.2) is 18.6 Å². The molecule has 0 atom stereocenters. The van der Waals surface area contributed by atoms with E-state index in [0.717, 1.165) is 17.0 Å². The molecular weight excluding hydrogens is 378 g/mol. The maximum atomic E-state index is 13.5. The first-order chi connectivity index (χ1) is 14.0. The normalized spacial score (nSPS) is 14.2. The van der Waals surface area contributed by atoms with Crippen molar-refractivity contribution in [3.63, 3.8) is 0 Å². The lowest BCUT2D eigenvalue weighted by Gasteiger charge is -2.36. The fourth-order valence-electron chi connectivity index (χ4n) is 3.43. The highest BCUT2D eigenvalue weighted by molar-refractivity contribution is 5.94. The number of nitrogens with one attached hydrogen (secondary N) is 1. The first kappa shape index (κ1) is 18.9. The van der Waals surface area contributed by atoms with Crippen LogP contribution in [-0.2, 0) is 0 Å². The fraction of sp³-hybridized carbons (Fsp3) is 0.238. The molecule has 0 spiro atoms. The second-order valence-electron chi connectivity index (χ2n) is 6.77. The van der Waals surface area contributed by atoms with Crippen LogP contribution in [0.25, 0.3) is 10.9 Å². The molecule has 1 aliphatic heterocycles. The van der Waals surface area contributed by atoms with Gasteiger partial charge in [-0.2, -0.15) is 0 Å². The number of methoxy groups -OCH3 is 1. The van der Waals surface area contributed by atoms with Crippen molar-refractivity contribution in [1.29, 1.82) is 0 Å². The Labute approximate surface area is 166 Å². The number of amides is 2. The molecule has 4 rings (SSSR count). The van der Waals surface area contributed by atoms with E-state index in [1.165, 1.54) is 19.2 Å². The summed E-state index contributed by atoms with van der Waals surface area (Å²) in [6.07, 6.45) is 0. The largest absolute Gasteiger partial charge is 0.479 e.